The second kappa shape index (κ2) is 5.32. The van der Waals surface area contributed by atoms with E-state index in [2.05, 4.69) is 24.7 Å². The molecule has 1 fully saturated rings. The molecule has 0 aromatic heterocycles. The lowest BCUT2D eigenvalue weighted by Gasteiger charge is -2.38. The number of amides is 1. The largest absolute Gasteiger partial charge is 0.380 e. The standard InChI is InChI=1S/C10H20N2O2/c1-3-4-5-9(13)12-11-6-10(2)7-14-8-10/h11H,3-8H2,1-2H3,(H,12,13). The molecule has 0 radical (unpaired) electrons. The van der Waals surface area contributed by atoms with Gasteiger partial charge in [0, 0.05) is 18.4 Å². The van der Waals surface area contributed by atoms with Crippen LogP contribution in [-0.2, 0) is 9.53 Å². The Bertz CT molecular complexity index is 191. The SMILES string of the molecule is CCCCC(=O)NNCC1(C)COC1. The van der Waals surface area contributed by atoms with Crippen LogP contribution in [0, 0.1) is 5.41 Å². The van der Waals surface area contributed by atoms with E-state index in [0.29, 0.717) is 6.42 Å². The van der Waals surface area contributed by atoms with Gasteiger partial charge in [-0.3, -0.25) is 10.2 Å². The smallest absolute Gasteiger partial charge is 0.234 e. The summed E-state index contributed by atoms with van der Waals surface area (Å²) < 4.78 is 5.11. The molecule has 1 aliphatic rings. The van der Waals surface area contributed by atoms with Crippen LogP contribution in [0.5, 0.6) is 0 Å². The van der Waals surface area contributed by atoms with Gasteiger partial charge in [0.25, 0.3) is 0 Å². The summed E-state index contributed by atoms with van der Waals surface area (Å²) in [5, 5.41) is 0. The number of rotatable bonds is 6. The molecule has 1 rings (SSSR count). The lowest BCUT2D eigenvalue weighted by molar-refractivity contribution is -0.124. The molecule has 1 saturated heterocycles. The van der Waals surface area contributed by atoms with Crippen molar-refractivity contribution in [3.63, 3.8) is 0 Å². The van der Waals surface area contributed by atoms with Crippen molar-refractivity contribution in [2.45, 2.75) is 33.1 Å². The maximum absolute atomic E-state index is 11.2. The van der Waals surface area contributed by atoms with Crippen molar-refractivity contribution in [3.05, 3.63) is 0 Å². The zero-order valence-electron chi connectivity index (χ0n) is 9.06. The molecule has 82 valence electrons. The number of ether oxygens (including phenoxy) is 1. The minimum Gasteiger partial charge on any atom is -0.380 e. The molecule has 4 nitrogen and oxygen atoms in total. The minimum absolute atomic E-state index is 0.0793. The van der Waals surface area contributed by atoms with Gasteiger partial charge in [-0.05, 0) is 6.42 Å². The molecule has 2 N–H and O–H groups in total. The fourth-order valence-electron chi connectivity index (χ4n) is 1.31. The number of carbonyl (C=O) groups is 1. The average molecular weight is 200 g/mol. The third-order valence-corrected chi connectivity index (χ3v) is 2.40. The third kappa shape index (κ3) is 3.64. The molecule has 0 aliphatic carbocycles. The summed E-state index contributed by atoms with van der Waals surface area (Å²) in [6.45, 7) is 6.57. The van der Waals surface area contributed by atoms with E-state index < -0.39 is 0 Å². The van der Waals surface area contributed by atoms with Crippen molar-refractivity contribution in [1.29, 1.82) is 0 Å². The quantitative estimate of drug-likeness (QED) is 0.624. The molecule has 0 atom stereocenters. The van der Waals surface area contributed by atoms with Crippen LogP contribution in [0.2, 0.25) is 0 Å². The summed E-state index contributed by atoms with van der Waals surface area (Å²) in [5.41, 5.74) is 5.86. The van der Waals surface area contributed by atoms with E-state index in [9.17, 15) is 4.79 Å². The maximum Gasteiger partial charge on any atom is 0.234 e. The number of nitrogens with one attached hydrogen (secondary N) is 2. The van der Waals surface area contributed by atoms with Crippen molar-refractivity contribution >= 4 is 5.91 Å². The molecule has 0 unspecified atom stereocenters. The van der Waals surface area contributed by atoms with E-state index in [0.717, 1.165) is 32.6 Å². The molecule has 14 heavy (non-hydrogen) atoms. The maximum atomic E-state index is 11.2. The van der Waals surface area contributed by atoms with Crippen molar-refractivity contribution in [2.75, 3.05) is 19.8 Å². The number of unbranched alkanes of at least 4 members (excludes halogenated alkanes) is 1. The Morgan fingerprint density at radius 3 is 2.71 bits per heavy atom. The van der Waals surface area contributed by atoms with Crippen LogP contribution in [0.3, 0.4) is 0 Å². The van der Waals surface area contributed by atoms with Gasteiger partial charge >= 0.3 is 0 Å². The zero-order chi connectivity index (χ0) is 10.4. The van der Waals surface area contributed by atoms with Crippen molar-refractivity contribution in [1.82, 2.24) is 10.9 Å². The molecule has 0 spiro atoms. The highest BCUT2D eigenvalue weighted by Crippen LogP contribution is 2.24. The molecule has 0 aromatic rings. The monoisotopic (exact) mass is 200 g/mol. The summed E-state index contributed by atoms with van der Waals surface area (Å²) in [4.78, 5) is 11.2. The van der Waals surface area contributed by atoms with Gasteiger partial charge in [0.15, 0.2) is 0 Å². The van der Waals surface area contributed by atoms with Gasteiger partial charge in [0.05, 0.1) is 13.2 Å². The molecule has 0 bridgehead atoms. The topological polar surface area (TPSA) is 50.4 Å². The number of hydrazine groups is 1. The van der Waals surface area contributed by atoms with E-state index in [-0.39, 0.29) is 11.3 Å². The second-order valence-corrected chi connectivity index (χ2v) is 4.31. The molecular weight excluding hydrogens is 180 g/mol. The Hall–Kier alpha value is -0.610. The summed E-state index contributed by atoms with van der Waals surface area (Å²) in [6.07, 6.45) is 2.61. The molecule has 1 amide bonds. The highest BCUT2D eigenvalue weighted by Gasteiger charge is 2.32. The van der Waals surface area contributed by atoms with E-state index in [1.807, 2.05) is 0 Å². The van der Waals surface area contributed by atoms with Gasteiger partial charge in [-0.25, -0.2) is 5.43 Å². The van der Waals surface area contributed by atoms with Crippen LogP contribution < -0.4 is 10.9 Å². The Balaban J connectivity index is 2.00. The number of hydrogen-bond acceptors (Lipinski definition) is 3. The first-order chi connectivity index (χ1) is 6.66. The molecular formula is C10H20N2O2. The van der Waals surface area contributed by atoms with Crippen molar-refractivity contribution < 1.29 is 9.53 Å². The summed E-state index contributed by atoms with van der Waals surface area (Å²) in [6, 6.07) is 0. The number of hydrogen-bond donors (Lipinski definition) is 2. The van der Waals surface area contributed by atoms with Gasteiger partial charge in [0.1, 0.15) is 0 Å². The van der Waals surface area contributed by atoms with Crippen LogP contribution in [0.15, 0.2) is 0 Å². The van der Waals surface area contributed by atoms with Crippen LogP contribution in [-0.4, -0.2) is 25.7 Å². The highest BCUT2D eigenvalue weighted by molar-refractivity contribution is 5.75. The summed E-state index contributed by atoms with van der Waals surface area (Å²) in [5.74, 6) is 0.0793. The molecule has 0 saturated carbocycles. The van der Waals surface area contributed by atoms with E-state index in [1.54, 1.807) is 0 Å². The number of carbonyl (C=O) groups excluding carboxylic acids is 1. The first kappa shape index (κ1) is 11.5. The molecule has 4 heteroatoms. The van der Waals surface area contributed by atoms with Crippen LogP contribution in [0.1, 0.15) is 33.1 Å². The molecule has 0 aromatic carbocycles. The molecule has 1 heterocycles. The fourth-order valence-corrected chi connectivity index (χ4v) is 1.31. The van der Waals surface area contributed by atoms with Crippen molar-refractivity contribution in [3.8, 4) is 0 Å². The Labute approximate surface area is 85.4 Å². The van der Waals surface area contributed by atoms with Gasteiger partial charge in [-0.2, -0.15) is 0 Å². The Morgan fingerprint density at radius 2 is 2.21 bits per heavy atom. The average Bonchev–Trinajstić information content (AvgIpc) is 2.12. The Kier molecular flexibility index (Phi) is 4.35. The van der Waals surface area contributed by atoms with Gasteiger partial charge < -0.3 is 4.74 Å². The van der Waals surface area contributed by atoms with Gasteiger partial charge in [-0.15, -0.1) is 0 Å². The lowest BCUT2D eigenvalue weighted by Crippen LogP contribution is -2.51. The van der Waals surface area contributed by atoms with Crippen molar-refractivity contribution in [2.24, 2.45) is 5.41 Å². The van der Waals surface area contributed by atoms with Gasteiger partial charge in [0.2, 0.25) is 5.91 Å². The van der Waals surface area contributed by atoms with E-state index in [4.69, 9.17) is 4.74 Å². The second-order valence-electron chi connectivity index (χ2n) is 4.31. The van der Waals surface area contributed by atoms with Gasteiger partial charge in [-0.1, -0.05) is 20.3 Å². The predicted octanol–water partition coefficient (Wildman–Crippen LogP) is 0.834. The third-order valence-electron chi connectivity index (χ3n) is 2.40. The highest BCUT2D eigenvalue weighted by atomic mass is 16.5. The summed E-state index contributed by atoms with van der Waals surface area (Å²) >= 11 is 0. The first-order valence-electron chi connectivity index (χ1n) is 5.26. The fraction of sp³-hybridized carbons (Fsp3) is 0.900. The normalized spacial score (nSPS) is 18.7. The molecule has 1 aliphatic heterocycles. The Morgan fingerprint density at radius 1 is 1.50 bits per heavy atom. The minimum atomic E-state index is 0.0793. The van der Waals surface area contributed by atoms with Crippen LogP contribution in [0.4, 0.5) is 0 Å². The first-order valence-corrected chi connectivity index (χ1v) is 5.26. The van der Waals surface area contributed by atoms with E-state index >= 15 is 0 Å². The van der Waals surface area contributed by atoms with Crippen LogP contribution in [0.25, 0.3) is 0 Å². The summed E-state index contributed by atoms with van der Waals surface area (Å²) in [7, 11) is 0. The predicted molar refractivity (Wildman–Crippen MR) is 54.6 cm³/mol. The zero-order valence-corrected chi connectivity index (χ0v) is 9.06. The lowest BCUT2D eigenvalue weighted by atomic mass is 9.89. The van der Waals surface area contributed by atoms with E-state index in [1.165, 1.54) is 0 Å². The van der Waals surface area contributed by atoms with Crippen LogP contribution >= 0.6 is 0 Å².